The van der Waals surface area contributed by atoms with Gasteiger partial charge < -0.3 is 0 Å². The largest absolute Gasteiger partial charge is 0.256 e. The van der Waals surface area contributed by atoms with Crippen LogP contribution in [0.2, 0.25) is 0 Å². The minimum absolute atomic E-state index is 0.957. The Morgan fingerprint density at radius 2 is 1.43 bits per heavy atom. The Kier molecular flexibility index (Phi) is 3.20. The standard InChI is InChI=1S/C26H15N2/c1-2-9-18-17(8-1)16-27-24-15-7-13-22(25(18)24)26-21-12-4-3-10-19(21)20-11-5-6-14-23(20)28-26/h1-11,13-16H. The first kappa shape index (κ1) is 15.3. The summed E-state index contributed by atoms with van der Waals surface area (Å²) in [7, 11) is 0. The molecule has 0 unspecified atom stereocenters. The van der Waals surface area contributed by atoms with Crippen LogP contribution in [0.15, 0.2) is 91.1 Å². The van der Waals surface area contributed by atoms with E-state index in [0.29, 0.717) is 0 Å². The number of aromatic nitrogens is 2. The fourth-order valence-electron chi connectivity index (χ4n) is 4.13. The number of nitrogens with zero attached hydrogens (tertiary/aromatic N) is 2. The predicted molar refractivity (Wildman–Crippen MR) is 116 cm³/mol. The van der Waals surface area contributed by atoms with Crippen molar-refractivity contribution in [2.45, 2.75) is 0 Å². The number of rotatable bonds is 1. The van der Waals surface area contributed by atoms with Gasteiger partial charge in [-0.15, -0.1) is 0 Å². The van der Waals surface area contributed by atoms with Gasteiger partial charge in [-0.05, 0) is 29.0 Å². The SMILES string of the molecule is [c]1cccc2c1c(-c1cccc3ncc4ccccc4c13)nc1ccccc12. The average molecular weight is 355 g/mol. The van der Waals surface area contributed by atoms with Crippen LogP contribution in [0.5, 0.6) is 0 Å². The first-order valence-electron chi connectivity index (χ1n) is 9.36. The maximum Gasteiger partial charge on any atom is 0.0801 e. The molecule has 6 aromatic rings. The maximum absolute atomic E-state index is 5.07. The van der Waals surface area contributed by atoms with Crippen LogP contribution in [-0.2, 0) is 0 Å². The normalized spacial score (nSPS) is 11.6. The number of pyridine rings is 2. The van der Waals surface area contributed by atoms with E-state index in [-0.39, 0.29) is 0 Å². The van der Waals surface area contributed by atoms with Crippen molar-refractivity contribution < 1.29 is 0 Å². The highest BCUT2D eigenvalue weighted by molar-refractivity contribution is 6.17. The monoisotopic (exact) mass is 355 g/mol. The van der Waals surface area contributed by atoms with Gasteiger partial charge >= 0.3 is 0 Å². The van der Waals surface area contributed by atoms with Crippen molar-refractivity contribution in [1.82, 2.24) is 9.97 Å². The highest BCUT2D eigenvalue weighted by Gasteiger charge is 2.14. The molecule has 0 N–H and O–H groups in total. The third-order valence-corrected chi connectivity index (χ3v) is 5.39. The number of benzene rings is 4. The molecule has 1 radical (unpaired) electrons. The molecular formula is C26H15N2. The molecule has 129 valence electrons. The zero-order valence-electron chi connectivity index (χ0n) is 15.1. The fourth-order valence-corrected chi connectivity index (χ4v) is 4.13. The zero-order valence-corrected chi connectivity index (χ0v) is 15.1. The van der Waals surface area contributed by atoms with Crippen LogP contribution in [0, 0.1) is 6.07 Å². The minimum Gasteiger partial charge on any atom is -0.256 e. The molecule has 0 aliphatic rings. The Bertz CT molecular complexity index is 1510. The second-order valence-electron chi connectivity index (χ2n) is 6.98. The molecule has 2 heterocycles. The number of hydrogen-bond acceptors (Lipinski definition) is 2. The molecule has 2 heteroatoms. The van der Waals surface area contributed by atoms with Crippen molar-refractivity contribution in [3.63, 3.8) is 0 Å². The summed E-state index contributed by atoms with van der Waals surface area (Å²) in [6.07, 6.45) is 1.94. The van der Waals surface area contributed by atoms with E-state index in [9.17, 15) is 0 Å². The van der Waals surface area contributed by atoms with Crippen molar-refractivity contribution in [1.29, 1.82) is 0 Å². The van der Waals surface area contributed by atoms with Gasteiger partial charge in [-0.3, -0.25) is 4.98 Å². The molecule has 0 atom stereocenters. The van der Waals surface area contributed by atoms with Crippen molar-refractivity contribution >= 4 is 43.4 Å². The predicted octanol–water partition coefficient (Wildman–Crippen LogP) is 6.56. The lowest BCUT2D eigenvalue weighted by molar-refractivity contribution is 1.42. The van der Waals surface area contributed by atoms with Crippen molar-refractivity contribution in [2.75, 3.05) is 0 Å². The molecule has 2 aromatic heterocycles. The van der Waals surface area contributed by atoms with Gasteiger partial charge in [0.05, 0.1) is 16.7 Å². The smallest absolute Gasteiger partial charge is 0.0801 e. The molecule has 2 nitrogen and oxygen atoms in total. The Hall–Kier alpha value is -3.78. The highest BCUT2D eigenvalue weighted by atomic mass is 14.7. The number of hydrogen-bond donors (Lipinski definition) is 0. The van der Waals surface area contributed by atoms with E-state index in [1.165, 1.54) is 10.8 Å². The van der Waals surface area contributed by atoms with Crippen LogP contribution in [0.25, 0.3) is 54.6 Å². The van der Waals surface area contributed by atoms with Crippen LogP contribution in [0.4, 0.5) is 0 Å². The van der Waals surface area contributed by atoms with Crippen molar-refractivity contribution in [2.24, 2.45) is 0 Å². The van der Waals surface area contributed by atoms with Gasteiger partial charge in [0.25, 0.3) is 0 Å². The lowest BCUT2D eigenvalue weighted by Gasteiger charge is -2.13. The summed E-state index contributed by atoms with van der Waals surface area (Å²) in [5, 5.41) is 6.84. The van der Waals surface area contributed by atoms with Crippen LogP contribution >= 0.6 is 0 Å². The molecule has 0 fully saturated rings. The number of para-hydroxylation sites is 1. The molecule has 0 saturated carbocycles. The van der Waals surface area contributed by atoms with E-state index in [1.807, 2.05) is 24.4 Å². The van der Waals surface area contributed by atoms with Gasteiger partial charge in [-0.1, -0.05) is 72.8 Å². The molecular weight excluding hydrogens is 340 g/mol. The lowest BCUT2D eigenvalue weighted by Crippen LogP contribution is -1.92. The topological polar surface area (TPSA) is 25.8 Å². The summed E-state index contributed by atoms with van der Waals surface area (Å²) >= 11 is 0. The van der Waals surface area contributed by atoms with E-state index in [2.05, 4.69) is 72.8 Å². The molecule has 0 spiro atoms. The second kappa shape index (κ2) is 5.86. The lowest BCUT2D eigenvalue weighted by atomic mass is 9.95. The quantitative estimate of drug-likeness (QED) is 0.312. The summed E-state index contributed by atoms with van der Waals surface area (Å²) in [6, 6.07) is 32.6. The zero-order chi connectivity index (χ0) is 18.5. The van der Waals surface area contributed by atoms with E-state index < -0.39 is 0 Å². The molecule has 0 aliphatic heterocycles. The minimum atomic E-state index is 0.957. The van der Waals surface area contributed by atoms with E-state index in [0.717, 1.165) is 43.8 Å². The van der Waals surface area contributed by atoms with Crippen LogP contribution in [-0.4, -0.2) is 9.97 Å². The van der Waals surface area contributed by atoms with Gasteiger partial charge in [0.2, 0.25) is 0 Å². The Balaban J connectivity index is 1.84. The third-order valence-electron chi connectivity index (χ3n) is 5.39. The van der Waals surface area contributed by atoms with Crippen molar-refractivity contribution in [3.8, 4) is 11.3 Å². The summed E-state index contributed by atoms with van der Waals surface area (Å²) in [5.74, 6) is 0. The Labute approximate surface area is 162 Å². The summed E-state index contributed by atoms with van der Waals surface area (Å²) < 4.78 is 0. The molecule has 0 amide bonds. The van der Waals surface area contributed by atoms with Gasteiger partial charge in [0.15, 0.2) is 0 Å². The van der Waals surface area contributed by atoms with Crippen molar-refractivity contribution in [3.05, 3.63) is 97.2 Å². The molecule has 6 rings (SSSR count). The Morgan fingerprint density at radius 1 is 0.643 bits per heavy atom. The molecule has 0 bridgehead atoms. The van der Waals surface area contributed by atoms with Gasteiger partial charge in [-0.2, -0.15) is 0 Å². The van der Waals surface area contributed by atoms with Crippen LogP contribution < -0.4 is 0 Å². The second-order valence-corrected chi connectivity index (χ2v) is 6.98. The molecule has 0 saturated heterocycles. The van der Waals surface area contributed by atoms with E-state index in [4.69, 9.17) is 9.97 Å². The van der Waals surface area contributed by atoms with E-state index in [1.54, 1.807) is 0 Å². The maximum atomic E-state index is 5.07. The van der Waals surface area contributed by atoms with Gasteiger partial charge in [0.1, 0.15) is 0 Å². The van der Waals surface area contributed by atoms with Gasteiger partial charge in [-0.25, -0.2) is 4.98 Å². The average Bonchev–Trinajstić information content (AvgIpc) is 2.78. The summed E-state index contributed by atoms with van der Waals surface area (Å²) in [6.45, 7) is 0. The summed E-state index contributed by atoms with van der Waals surface area (Å²) in [5.41, 5.74) is 4.03. The molecule has 28 heavy (non-hydrogen) atoms. The van der Waals surface area contributed by atoms with Crippen LogP contribution in [0.3, 0.4) is 0 Å². The first-order chi connectivity index (χ1) is 13.9. The third kappa shape index (κ3) is 2.15. The number of fused-ring (bicyclic) bond motifs is 6. The molecule has 0 aliphatic carbocycles. The van der Waals surface area contributed by atoms with Gasteiger partial charge in [0, 0.05) is 33.3 Å². The summed E-state index contributed by atoms with van der Waals surface area (Å²) in [4.78, 5) is 9.77. The van der Waals surface area contributed by atoms with Crippen LogP contribution in [0.1, 0.15) is 0 Å². The first-order valence-corrected chi connectivity index (χ1v) is 9.36. The highest BCUT2D eigenvalue weighted by Crippen LogP contribution is 2.37. The van der Waals surface area contributed by atoms with E-state index >= 15 is 0 Å². The molecule has 4 aromatic carbocycles. The fraction of sp³-hybridized carbons (Fsp3) is 0. The Morgan fingerprint density at radius 3 is 2.39 bits per heavy atom.